The van der Waals surface area contributed by atoms with Crippen molar-refractivity contribution >= 4 is 5.91 Å². The number of carbonyl (C=O) groups excluding carboxylic acids is 1. The van der Waals surface area contributed by atoms with Crippen LogP contribution in [0.2, 0.25) is 0 Å². The van der Waals surface area contributed by atoms with Crippen LogP contribution in [0.25, 0.3) is 0 Å². The van der Waals surface area contributed by atoms with Crippen LogP contribution in [0, 0.1) is 0 Å². The minimum atomic E-state index is -0.877. The van der Waals surface area contributed by atoms with Crippen molar-refractivity contribution < 1.29 is 9.53 Å². The molecule has 0 fully saturated rings. The van der Waals surface area contributed by atoms with E-state index in [-0.39, 0.29) is 0 Å². The Labute approximate surface area is 124 Å². The number of hydrogen-bond acceptors (Lipinski definition) is 3. The van der Waals surface area contributed by atoms with Gasteiger partial charge in [0.1, 0.15) is 17.9 Å². The lowest BCUT2D eigenvalue weighted by Gasteiger charge is -2.26. The van der Waals surface area contributed by atoms with Crippen LogP contribution in [0.4, 0.5) is 0 Å². The maximum absolute atomic E-state index is 11.6. The molecule has 2 aromatic carbocycles. The highest BCUT2D eigenvalue weighted by Crippen LogP contribution is 2.23. The number of nitrogens with one attached hydrogen (secondary N) is 1. The van der Waals surface area contributed by atoms with Gasteiger partial charge in [-0.1, -0.05) is 42.5 Å². The number of primary amides is 1. The van der Waals surface area contributed by atoms with E-state index in [4.69, 9.17) is 10.5 Å². The maximum atomic E-state index is 11.6. The third kappa shape index (κ3) is 3.41. The Balaban J connectivity index is 2.07. The zero-order chi connectivity index (χ0) is 15.3. The van der Waals surface area contributed by atoms with Gasteiger partial charge in [-0.25, -0.2) is 0 Å². The fourth-order valence-electron chi connectivity index (χ4n) is 2.04. The summed E-state index contributed by atoms with van der Waals surface area (Å²) in [6, 6.07) is 17.3. The Morgan fingerprint density at radius 3 is 2.29 bits per heavy atom. The molecular formula is C17H20N2O2. The van der Waals surface area contributed by atoms with Gasteiger partial charge in [0, 0.05) is 0 Å². The quantitative estimate of drug-likeness (QED) is 0.854. The predicted octanol–water partition coefficient (Wildman–Crippen LogP) is 2.19. The largest absolute Gasteiger partial charge is 0.489 e. The molecule has 0 bridgehead atoms. The van der Waals surface area contributed by atoms with Gasteiger partial charge in [0.15, 0.2) is 0 Å². The number of hydrogen-bond donors (Lipinski definition) is 2. The molecule has 110 valence electrons. The molecule has 2 aromatic rings. The number of benzene rings is 2. The van der Waals surface area contributed by atoms with E-state index >= 15 is 0 Å². The first-order valence-corrected chi connectivity index (χ1v) is 6.82. The monoisotopic (exact) mass is 284 g/mol. The van der Waals surface area contributed by atoms with E-state index in [2.05, 4.69) is 5.32 Å². The minimum absolute atomic E-state index is 0.414. The second-order valence-corrected chi connectivity index (χ2v) is 5.04. The maximum Gasteiger partial charge on any atom is 0.242 e. The Hall–Kier alpha value is -2.33. The van der Waals surface area contributed by atoms with Crippen molar-refractivity contribution in [3.63, 3.8) is 0 Å². The van der Waals surface area contributed by atoms with Crippen molar-refractivity contribution in [3.05, 3.63) is 65.7 Å². The van der Waals surface area contributed by atoms with Gasteiger partial charge in [0.25, 0.3) is 0 Å². The number of likely N-dealkylation sites (N-methyl/N-ethyl adjacent to an activating group) is 1. The van der Waals surface area contributed by atoms with Crippen LogP contribution < -0.4 is 15.8 Å². The average Bonchev–Trinajstić information content (AvgIpc) is 2.53. The lowest BCUT2D eigenvalue weighted by Crippen LogP contribution is -2.48. The molecule has 2 rings (SSSR count). The molecule has 1 atom stereocenters. The summed E-state index contributed by atoms with van der Waals surface area (Å²) in [6.07, 6.45) is 0. The first kappa shape index (κ1) is 15.1. The number of amides is 1. The highest BCUT2D eigenvalue weighted by atomic mass is 16.5. The van der Waals surface area contributed by atoms with Crippen molar-refractivity contribution in [3.8, 4) is 5.75 Å². The molecular weight excluding hydrogens is 264 g/mol. The molecule has 3 N–H and O–H groups in total. The summed E-state index contributed by atoms with van der Waals surface area (Å²) in [5, 5.41) is 2.96. The van der Waals surface area contributed by atoms with E-state index in [1.165, 1.54) is 0 Å². The molecule has 4 heteroatoms. The van der Waals surface area contributed by atoms with Gasteiger partial charge >= 0.3 is 0 Å². The zero-order valence-electron chi connectivity index (χ0n) is 12.3. The summed E-state index contributed by atoms with van der Waals surface area (Å²) in [6.45, 7) is 2.27. The molecule has 0 saturated heterocycles. The first-order chi connectivity index (χ1) is 10.1. The lowest BCUT2D eigenvalue weighted by atomic mass is 9.91. The van der Waals surface area contributed by atoms with Crippen molar-refractivity contribution in [1.82, 2.24) is 5.32 Å². The highest BCUT2D eigenvalue weighted by molar-refractivity contribution is 5.85. The van der Waals surface area contributed by atoms with Crippen molar-refractivity contribution in [2.24, 2.45) is 5.73 Å². The summed E-state index contributed by atoms with van der Waals surface area (Å²) >= 11 is 0. The Kier molecular flexibility index (Phi) is 4.60. The molecule has 1 amide bonds. The molecule has 0 heterocycles. The Morgan fingerprint density at radius 2 is 1.76 bits per heavy atom. The van der Waals surface area contributed by atoms with Crippen LogP contribution >= 0.6 is 0 Å². The average molecular weight is 284 g/mol. The number of ether oxygens (including phenoxy) is 1. The third-order valence-electron chi connectivity index (χ3n) is 3.67. The summed E-state index contributed by atoms with van der Waals surface area (Å²) < 4.78 is 5.72. The zero-order valence-corrected chi connectivity index (χ0v) is 12.3. The van der Waals surface area contributed by atoms with E-state index in [0.29, 0.717) is 6.61 Å². The van der Waals surface area contributed by atoms with Crippen molar-refractivity contribution in [2.75, 3.05) is 7.05 Å². The fraction of sp³-hybridized carbons (Fsp3) is 0.235. The van der Waals surface area contributed by atoms with Crippen LogP contribution in [0.5, 0.6) is 5.75 Å². The van der Waals surface area contributed by atoms with E-state index in [0.717, 1.165) is 16.9 Å². The minimum Gasteiger partial charge on any atom is -0.489 e. The van der Waals surface area contributed by atoms with Crippen LogP contribution in [-0.4, -0.2) is 13.0 Å². The molecule has 0 radical (unpaired) electrons. The summed E-state index contributed by atoms with van der Waals surface area (Å²) in [7, 11) is 1.71. The summed E-state index contributed by atoms with van der Waals surface area (Å²) in [4.78, 5) is 11.6. The Morgan fingerprint density at radius 1 is 1.14 bits per heavy atom. The Bertz CT molecular complexity index is 596. The van der Waals surface area contributed by atoms with Gasteiger partial charge in [-0.3, -0.25) is 4.79 Å². The number of carbonyl (C=O) groups is 1. The van der Waals surface area contributed by atoms with Gasteiger partial charge < -0.3 is 15.8 Å². The van der Waals surface area contributed by atoms with Gasteiger partial charge in [-0.15, -0.1) is 0 Å². The third-order valence-corrected chi connectivity index (χ3v) is 3.67. The van der Waals surface area contributed by atoms with E-state index in [1.54, 1.807) is 14.0 Å². The molecule has 0 spiro atoms. The van der Waals surface area contributed by atoms with Crippen molar-refractivity contribution in [1.29, 1.82) is 0 Å². The molecule has 1 unspecified atom stereocenters. The van der Waals surface area contributed by atoms with Gasteiger partial charge in [-0.2, -0.15) is 0 Å². The second-order valence-electron chi connectivity index (χ2n) is 5.04. The van der Waals surface area contributed by atoms with Gasteiger partial charge in [-0.05, 0) is 37.2 Å². The number of nitrogens with two attached hydrogens (primary N) is 1. The van der Waals surface area contributed by atoms with Crippen LogP contribution in [-0.2, 0) is 16.9 Å². The fourth-order valence-corrected chi connectivity index (χ4v) is 2.04. The normalized spacial score (nSPS) is 13.4. The summed E-state index contributed by atoms with van der Waals surface area (Å²) in [5.74, 6) is 0.341. The second kappa shape index (κ2) is 6.41. The van der Waals surface area contributed by atoms with Crippen LogP contribution in [0.3, 0.4) is 0 Å². The molecule has 0 saturated carbocycles. The van der Waals surface area contributed by atoms with Gasteiger partial charge in [0.2, 0.25) is 5.91 Å². The van der Waals surface area contributed by atoms with E-state index in [9.17, 15) is 4.79 Å². The standard InChI is InChI=1S/C17H20N2O2/c1-17(19-2,16(18)20)14-8-10-15(11-9-14)21-12-13-6-4-3-5-7-13/h3-11,19H,12H2,1-2H3,(H2,18,20). The van der Waals surface area contributed by atoms with Crippen molar-refractivity contribution in [2.45, 2.75) is 19.1 Å². The molecule has 0 aliphatic carbocycles. The number of rotatable bonds is 6. The van der Waals surface area contributed by atoms with Gasteiger partial charge in [0.05, 0.1) is 0 Å². The molecule has 4 nitrogen and oxygen atoms in total. The van der Waals surface area contributed by atoms with Crippen LogP contribution in [0.1, 0.15) is 18.1 Å². The van der Waals surface area contributed by atoms with E-state index < -0.39 is 11.4 Å². The SMILES string of the molecule is CNC(C)(C(N)=O)c1ccc(OCc2ccccc2)cc1. The van der Waals surface area contributed by atoms with Crippen LogP contribution in [0.15, 0.2) is 54.6 Å². The summed E-state index contributed by atoms with van der Waals surface area (Å²) in [5.41, 5.74) is 6.50. The molecule has 0 aliphatic heterocycles. The van der Waals surface area contributed by atoms with E-state index in [1.807, 2.05) is 54.6 Å². The highest BCUT2D eigenvalue weighted by Gasteiger charge is 2.30. The predicted molar refractivity (Wildman–Crippen MR) is 82.8 cm³/mol. The first-order valence-electron chi connectivity index (χ1n) is 6.82. The molecule has 21 heavy (non-hydrogen) atoms. The lowest BCUT2D eigenvalue weighted by molar-refractivity contribution is -0.123. The smallest absolute Gasteiger partial charge is 0.242 e. The molecule has 0 aliphatic rings. The topological polar surface area (TPSA) is 64.3 Å². The molecule has 0 aromatic heterocycles.